The van der Waals surface area contributed by atoms with Crippen LogP contribution in [0.25, 0.3) is 22.1 Å². The summed E-state index contributed by atoms with van der Waals surface area (Å²) in [7, 11) is -3.91. The number of hydrogen-bond acceptors (Lipinski definition) is 6. The van der Waals surface area contributed by atoms with E-state index in [0.717, 1.165) is 3.97 Å². The first-order chi connectivity index (χ1) is 17.8. The molecule has 0 radical (unpaired) electrons. The van der Waals surface area contributed by atoms with Gasteiger partial charge in [0.1, 0.15) is 5.60 Å². The Morgan fingerprint density at radius 2 is 1.87 bits per heavy atom. The van der Waals surface area contributed by atoms with E-state index in [1.165, 1.54) is 24.5 Å². The molecule has 0 aliphatic heterocycles. The van der Waals surface area contributed by atoms with Gasteiger partial charge in [-0.15, -0.1) is 0 Å². The summed E-state index contributed by atoms with van der Waals surface area (Å²) in [6.45, 7) is 7.45. The number of halogens is 1. The summed E-state index contributed by atoms with van der Waals surface area (Å²) in [4.78, 5) is 33.0. The number of nitrogens with one attached hydrogen (secondary N) is 2. The zero-order valence-electron chi connectivity index (χ0n) is 21.6. The molecule has 0 atom stereocenters. The molecular formula is C26H30BrN5O5S. The van der Waals surface area contributed by atoms with Crippen LogP contribution in [0.5, 0.6) is 0 Å². The molecule has 12 heteroatoms. The predicted octanol–water partition coefficient (Wildman–Crippen LogP) is 5.08. The largest absolute Gasteiger partial charge is 0.444 e. The topological polar surface area (TPSA) is 128 Å². The summed E-state index contributed by atoms with van der Waals surface area (Å²) >= 11 is 3.52. The Morgan fingerprint density at radius 3 is 2.50 bits per heavy atom. The molecule has 1 aliphatic rings. The van der Waals surface area contributed by atoms with Gasteiger partial charge in [0.2, 0.25) is 0 Å². The van der Waals surface area contributed by atoms with Crippen molar-refractivity contribution in [2.75, 3.05) is 0 Å². The Morgan fingerprint density at radius 1 is 1.21 bits per heavy atom. The second kappa shape index (κ2) is 9.26. The zero-order chi connectivity index (χ0) is 27.5. The number of imidazole rings is 1. The van der Waals surface area contributed by atoms with Crippen LogP contribution in [-0.4, -0.2) is 44.2 Å². The molecule has 1 aliphatic carbocycles. The van der Waals surface area contributed by atoms with E-state index >= 15 is 0 Å². The van der Waals surface area contributed by atoms with E-state index in [1.54, 1.807) is 22.8 Å². The Labute approximate surface area is 228 Å². The zero-order valence-corrected chi connectivity index (χ0v) is 24.0. The fourth-order valence-electron chi connectivity index (χ4n) is 5.14. The number of carbonyl (C=O) groups is 1. The molecule has 3 aromatic heterocycles. The Kier molecular flexibility index (Phi) is 6.46. The molecule has 1 saturated carbocycles. The first-order valence-corrected chi connectivity index (χ1v) is 14.6. The molecule has 0 bridgehead atoms. The molecule has 0 unspecified atom stereocenters. The predicted molar refractivity (Wildman–Crippen MR) is 148 cm³/mol. The standard InChI is InChI=1S/C26H30BrN5O5S/c1-25(2,3)37-24(34)30-26(4)12-10-16(11-13-26)32-21-19(29-23(32)33)14-28-22-20(21)18(27)15-31(22)38(35,36)17-8-6-5-7-9-17/h5-9,14-16H,10-13H2,1-4H3,(H,29,33)(H,30,34). The molecule has 1 fully saturated rings. The molecule has 3 heterocycles. The van der Waals surface area contributed by atoms with Gasteiger partial charge in [0.15, 0.2) is 5.65 Å². The maximum absolute atomic E-state index is 13.4. The Balaban J connectivity index is 1.52. The van der Waals surface area contributed by atoms with Crippen molar-refractivity contribution in [3.05, 3.63) is 57.7 Å². The number of rotatable bonds is 4. The summed E-state index contributed by atoms with van der Waals surface area (Å²) in [6, 6.07) is 8.00. The van der Waals surface area contributed by atoms with Gasteiger partial charge in [0.25, 0.3) is 10.0 Å². The van der Waals surface area contributed by atoms with Crippen LogP contribution in [0.1, 0.15) is 59.4 Å². The lowest BCUT2D eigenvalue weighted by Crippen LogP contribution is -2.50. The summed E-state index contributed by atoms with van der Waals surface area (Å²) < 4.78 is 35.6. The molecule has 5 rings (SSSR count). The highest BCUT2D eigenvalue weighted by atomic mass is 79.9. The number of pyridine rings is 1. The molecule has 1 amide bonds. The van der Waals surface area contributed by atoms with E-state index < -0.39 is 27.3 Å². The van der Waals surface area contributed by atoms with Crippen molar-refractivity contribution in [3.8, 4) is 0 Å². The summed E-state index contributed by atoms with van der Waals surface area (Å²) in [6.07, 6.45) is 5.09. The number of fused-ring (bicyclic) bond motifs is 3. The van der Waals surface area contributed by atoms with E-state index in [0.29, 0.717) is 46.6 Å². The molecule has 1 aromatic carbocycles. The van der Waals surface area contributed by atoms with Crippen LogP contribution < -0.4 is 11.0 Å². The third kappa shape index (κ3) is 4.75. The van der Waals surface area contributed by atoms with Crippen molar-refractivity contribution in [3.63, 3.8) is 0 Å². The molecule has 202 valence electrons. The average Bonchev–Trinajstić information content (AvgIpc) is 3.35. The van der Waals surface area contributed by atoms with Crippen LogP contribution in [0.15, 0.2) is 56.9 Å². The van der Waals surface area contributed by atoms with Gasteiger partial charge in [-0.2, -0.15) is 0 Å². The van der Waals surface area contributed by atoms with Crippen molar-refractivity contribution in [2.45, 2.75) is 75.5 Å². The minimum Gasteiger partial charge on any atom is -0.444 e. The highest BCUT2D eigenvalue weighted by molar-refractivity contribution is 9.10. The second-order valence-corrected chi connectivity index (χ2v) is 13.7. The van der Waals surface area contributed by atoms with Gasteiger partial charge in [-0.05, 0) is 81.4 Å². The summed E-state index contributed by atoms with van der Waals surface area (Å²) in [5.41, 5.74) is 0.0216. The molecule has 2 N–H and O–H groups in total. The minimum atomic E-state index is -3.91. The van der Waals surface area contributed by atoms with Crippen LogP contribution in [0, 0.1) is 0 Å². The lowest BCUT2D eigenvalue weighted by atomic mass is 9.80. The number of benzene rings is 1. The molecule has 0 spiro atoms. The van der Waals surface area contributed by atoms with Gasteiger partial charge >= 0.3 is 11.8 Å². The van der Waals surface area contributed by atoms with E-state index in [4.69, 9.17) is 4.74 Å². The lowest BCUT2D eigenvalue weighted by Gasteiger charge is -2.38. The third-order valence-electron chi connectivity index (χ3n) is 6.94. The monoisotopic (exact) mass is 603 g/mol. The van der Waals surface area contributed by atoms with Gasteiger partial charge in [0.05, 0.1) is 27.5 Å². The lowest BCUT2D eigenvalue weighted by molar-refractivity contribution is 0.0427. The Hall–Kier alpha value is -3.12. The van der Waals surface area contributed by atoms with Crippen molar-refractivity contribution < 1.29 is 17.9 Å². The second-order valence-electron chi connectivity index (χ2n) is 11.0. The van der Waals surface area contributed by atoms with Crippen LogP contribution in [0.4, 0.5) is 4.79 Å². The Bertz CT molecular complexity index is 1690. The molecule has 4 aromatic rings. The number of carbonyl (C=O) groups excluding carboxylic acids is 1. The smallest absolute Gasteiger partial charge is 0.408 e. The number of H-pyrrole nitrogens is 1. The van der Waals surface area contributed by atoms with Gasteiger partial charge in [-0.3, -0.25) is 4.57 Å². The first-order valence-electron chi connectivity index (χ1n) is 12.4. The third-order valence-corrected chi connectivity index (χ3v) is 9.20. The number of aromatic nitrogens is 4. The number of hydrogen-bond donors (Lipinski definition) is 2. The SMILES string of the molecule is CC1(NC(=O)OC(C)(C)C)CCC(n2c(=O)[nH]c3cnc4c(c(Br)cn4S(=O)(=O)c4ccccc4)c32)CC1. The number of aromatic amines is 1. The maximum atomic E-state index is 13.4. The van der Waals surface area contributed by atoms with Crippen LogP contribution >= 0.6 is 15.9 Å². The first kappa shape index (κ1) is 26.5. The highest BCUT2D eigenvalue weighted by Gasteiger charge is 2.36. The van der Waals surface area contributed by atoms with E-state index in [-0.39, 0.29) is 22.3 Å². The number of ether oxygens (including phenoxy) is 1. The van der Waals surface area contributed by atoms with Gasteiger partial charge in [-0.25, -0.2) is 27.0 Å². The van der Waals surface area contributed by atoms with Crippen LogP contribution in [-0.2, 0) is 14.8 Å². The van der Waals surface area contributed by atoms with Gasteiger partial charge < -0.3 is 15.0 Å². The normalized spacial score (nSPS) is 20.6. The fourth-order valence-corrected chi connectivity index (χ4v) is 7.18. The highest BCUT2D eigenvalue weighted by Crippen LogP contribution is 2.39. The minimum absolute atomic E-state index is 0.141. The number of nitrogens with zero attached hydrogens (tertiary/aromatic N) is 3. The van der Waals surface area contributed by atoms with Crippen molar-refractivity contribution in [1.82, 2.24) is 23.8 Å². The molecular weight excluding hydrogens is 574 g/mol. The number of alkyl carbamates (subject to hydrolysis) is 1. The molecule has 0 saturated heterocycles. The van der Waals surface area contributed by atoms with Gasteiger partial charge in [-0.1, -0.05) is 18.2 Å². The molecule has 10 nitrogen and oxygen atoms in total. The number of amides is 1. The van der Waals surface area contributed by atoms with Gasteiger partial charge in [0, 0.05) is 22.3 Å². The molecule has 38 heavy (non-hydrogen) atoms. The van der Waals surface area contributed by atoms with E-state index in [9.17, 15) is 18.0 Å². The average molecular weight is 605 g/mol. The fraction of sp³-hybridized carbons (Fsp3) is 0.423. The quantitative estimate of drug-likeness (QED) is 0.335. The van der Waals surface area contributed by atoms with Crippen molar-refractivity contribution in [1.29, 1.82) is 0 Å². The van der Waals surface area contributed by atoms with E-state index in [2.05, 4.69) is 31.2 Å². The summed E-state index contributed by atoms with van der Waals surface area (Å²) in [5, 5.41) is 3.54. The van der Waals surface area contributed by atoms with Crippen molar-refractivity contribution >= 4 is 54.1 Å². The van der Waals surface area contributed by atoms with Crippen LogP contribution in [0.2, 0.25) is 0 Å². The van der Waals surface area contributed by atoms with E-state index in [1.807, 2.05) is 27.7 Å². The maximum Gasteiger partial charge on any atom is 0.408 e. The van der Waals surface area contributed by atoms with Crippen molar-refractivity contribution in [2.24, 2.45) is 0 Å². The van der Waals surface area contributed by atoms with Crippen LogP contribution in [0.3, 0.4) is 0 Å². The summed E-state index contributed by atoms with van der Waals surface area (Å²) in [5.74, 6) is 0.